The van der Waals surface area contributed by atoms with Crippen molar-refractivity contribution in [2.75, 3.05) is 0 Å². The van der Waals surface area contributed by atoms with Crippen LogP contribution in [-0.2, 0) is 0 Å². The van der Waals surface area contributed by atoms with Crippen LogP contribution in [-0.4, -0.2) is 25.6 Å². The summed E-state index contributed by atoms with van der Waals surface area (Å²) in [7, 11) is 0. The molecule has 2 aromatic heterocycles. The first-order valence-corrected chi connectivity index (χ1v) is 3.36. The topological polar surface area (TPSA) is 67.3 Å². The number of halogens is 1. The molecule has 6 heteroatoms. The number of nitrogens with one attached hydrogen (secondary N) is 1. The van der Waals surface area contributed by atoms with Gasteiger partial charge in [-0.1, -0.05) is 11.6 Å². The van der Waals surface area contributed by atoms with Crippen LogP contribution in [0.5, 0.6) is 0 Å². The number of fused-ring (bicyclic) bond motifs is 1. The Morgan fingerprint density at radius 3 is 2.91 bits per heavy atom. The highest BCUT2D eigenvalue weighted by Gasteiger charge is 2.07. The number of aromatic nitrogens is 5. The van der Waals surface area contributed by atoms with E-state index in [1.165, 1.54) is 0 Å². The molecular formula is C5H4ClN5. The highest BCUT2D eigenvalue weighted by molar-refractivity contribution is 6.34. The molecule has 5 nitrogen and oxygen atoms in total. The fourth-order valence-corrected chi connectivity index (χ4v) is 1.15. The average Bonchev–Trinajstić information content (AvgIpc) is 2.34. The maximum Gasteiger partial charge on any atom is 0.207 e. The second kappa shape index (κ2) is 2.13. The molecule has 11 heavy (non-hydrogen) atoms. The summed E-state index contributed by atoms with van der Waals surface area (Å²) < 4.78 is 0. The van der Waals surface area contributed by atoms with Crippen molar-refractivity contribution in [3.63, 3.8) is 0 Å². The Kier molecular flexibility index (Phi) is 1.25. The molecule has 0 radical (unpaired) electrons. The first-order valence-electron chi connectivity index (χ1n) is 2.98. The van der Waals surface area contributed by atoms with E-state index in [9.17, 15) is 0 Å². The van der Waals surface area contributed by atoms with Crippen LogP contribution in [0.1, 0.15) is 5.69 Å². The van der Waals surface area contributed by atoms with Gasteiger partial charge in [0.2, 0.25) is 5.65 Å². The van der Waals surface area contributed by atoms with E-state index in [1.54, 1.807) is 0 Å². The molecule has 0 saturated carbocycles. The predicted octanol–water partition coefficient (Wildman–Crippen LogP) is 0.710. The van der Waals surface area contributed by atoms with Crippen molar-refractivity contribution >= 4 is 22.6 Å². The van der Waals surface area contributed by atoms with Gasteiger partial charge >= 0.3 is 0 Å². The van der Waals surface area contributed by atoms with E-state index < -0.39 is 0 Å². The van der Waals surface area contributed by atoms with Gasteiger partial charge in [0.15, 0.2) is 5.15 Å². The second-order valence-corrected chi connectivity index (χ2v) is 2.49. The number of hydrogen-bond acceptors (Lipinski definition) is 4. The summed E-state index contributed by atoms with van der Waals surface area (Å²) in [5.41, 5.74) is 1.36. The third kappa shape index (κ3) is 0.848. The normalized spacial score (nSPS) is 10.7. The maximum absolute atomic E-state index is 5.73. The van der Waals surface area contributed by atoms with E-state index in [0.717, 1.165) is 11.1 Å². The van der Waals surface area contributed by atoms with Gasteiger partial charge in [0.25, 0.3) is 0 Å². The minimum atomic E-state index is 0.334. The lowest BCUT2D eigenvalue weighted by Gasteiger charge is -1.87. The number of nitrogens with zero attached hydrogens (tertiary/aromatic N) is 4. The van der Waals surface area contributed by atoms with Crippen molar-refractivity contribution < 1.29 is 0 Å². The molecule has 1 N–H and O–H groups in total. The van der Waals surface area contributed by atoms with E-state index in [2.05, 4.69) is 25.6 Å². The Bertz CT molecular complexity index is 395. The summed E-state index contributed by atoms with van der Waals surface area (Å²) in [6, 6.07) is 0. The van der Waals surface area contributed by atoms with Crippen LogP contribution in [0, 0.1) is 6.92 Å². The SMILES string of the molecule is Cc1[nH]nc2nnnc(Cl)c12. The fourth-order valence-electron chi connectivity index (χ4n) is 0.890. The molecule has 0 amide bonds. The molecule has 0 unspecified atom stereocenters. The van der Waals surface area contributed by atoms with Gasteiger partial charge in [-0.05, 0) is 12.1 Å². The molecule has 2 aromatic rings. The summed E-state index contributed by atoms with van der Waals surface area (Å²) in [6.45, 7) is 1.85. The molecule has 0 aliphatic heterocycles. The van der Waals surface area contributed by atoms with Crippen molar-refractivity contribution in [2.45, 2.75) is 6.92 Å². The zero-order valence-electron chi connectivity index (χ0n) is 5.67. The molecule has 0 aliphatic carbocycles. The molecule has 0 aliphatic rings. The summed E-state index contributed by atoms with van der Waals surface area (Å²) in [4.78, 5) is 0. The van der Waals surface area contributed by atoms with E-state index in [-0.39, 0.29) is 0 Å². The van der Waals surface area contributed by atoms with E-state index >= 15 is 0 Å². The average molecular weight is 170 g/mol. The van der Waals surface area contributed by atoms with Crippen LogP contribution in [0.25, 0.3) is 11.0 Å². The highest BCUT2D eigenvalue weighted by Crippen LogP contribution is 2.18. The van der Waals surface area contributed by atoms with Crippen LogP contribution in [0.2, 0.25) is 5.15 Å². The van der Waals surface area contributed by atoms with E-state index in [4.69, 9.17) is 11.6 Å². The Hall–Kier alpha value is -1.23. The lowest BCUT2D eigenvalue weighted by molar-refractivity contribution is 0.884. The third-order valence-electron chi connectivity index (χ3n) is 1.41. The van der Waals surface area contributed by atoms with Gasteiger partial charge in [-0.15, -0.1) is 10.2 Å². The first-order chi connectivity index (χ1) is 5.29. The Morgan fingerprint density at radius 1 is 1.36 bits per heavy atom. The molecule has 2 rings (SSSR count). The number of H-pyrrole nitrogens is 1. The van der Waals surface area contributed by atoms with Crippen molar-refractivity contribution in [3.8, 4) is 0 Å². The van der Waals surface area contributed by atoms with Crippen molar-refractivity contribution in [1.29, 1.82) is 0 Å². The molecule has 0 atom stereocenters. The van der Waals surface area contributed by atoms with Crippen molar-refractivity contribution in [1.82, 2.24) is 25.6 Å². The lowest BCUT2D eigenvalue weighted by atomic mass is 10.3. The van der Waals surface area contributed by atoms with Crippen molar-refractivity contribution in [2.24, 2.45) is 0 Å². The molecule has 0 aromatic carbocycles. The number of aromatic amines is 1. The van der Waals surface area contributed by atoms with Gasteiger partial charge in [-0.25, -0.2) is 0 Å². The Balaban J connectivity index is 2.96. The summed E-state index contributed by atoms with van der Waals surface area (Å²) in [6.07, 6.45) is 0. The summed E-state index contributed by atoms with van der Waals surface area (Å²) >= 11 is 5.73. The highest BCUT2D eigenvalue weighted by atomic mass is 35.5. The molecule has 56 valence electrons. The van der Waals surface area contributed by atoms with Crippen LogP contribution in [0.15, 0.2) is 0 Å². The number of hydrogen-bond donors (Lipinski definition) is 1. The van der Waals surface area contributed by atoms with E-state index in [0.29, 0.717) is 10.8 Å². The molecule has 0 fully saturated rings. The third-order valence-corrected chi connectivity index (χ3v) is 1.67. The van der Waals surface area contributed by atoms with Gasteiger partial charge in [-0.2, -0.15) is 5.10 Å². The minimum absolute atomic E-state index is 0.334. The second-order valence-electron chi connectivity index (χ2n) is 2.13. The molecular weight excluding hydrogens is 166 g/mol. The smallest absolute Gasteiger partial charge is 0.207 e. The quantitative estimate of drug-likeness (QED) is 0.631. The predicted molar refractivity (Wildman–Crippen MR) is 39.2 cm³/mol. The van der Waals surface area contributed by atoms with Gasteiger partial charge in [-0.3, -0.25) is 5.10 Å². The van der Waals surface area contributed by atoms with Gasteiger partial charge in [0.05, 0.1) is 5.39 Å². The zero-order chi connectivity index (χ0) is 7.84. The molecule has 0 bridgehead atoms. The van der Waals surface area contributed by atoms with Crippen LogP contribution in [0.3, 0.4) is 0 Å². The van der Waals surface area contributed by atoms with Crippen LogP contribution < -0.4 is 0 Å². The molecule has 0 spiro atoms. The van der Waals surface area contributed by atoms with Gasteiger partial charge in [0.1, 0.15) is 0 Å². The standard InChI is InChI=1S/C5H4ClN5/c1-2-3-4(6)8-11-10-5(3)9-7-2/h1H3,(H,7,8,9,10). The molecule has 2 heterocycles. The molecule has 0 saturated heterocycles. The summed E-state index contributed by atoms with van der Waals surface area (Å²) in [5, 5.41) is 18.3. The fraction of sp³-hybridized carbons (Fsp3) is 0.200. The number of rotatable bonds is 0. The maximum atomic E-state index is 5.73. The van der Waals surface area contributed by atoms with Crippen LogP contribution >= 0.6 is 11.6 Å². The van der Waals surface area contributed by atoms with Gasteiger partial charge < -0.3 is 0 Å². The van der Waals surface area contributed by atoms with Crippen LogP contribution in [0.4, 0.5) is 0 Å². The summed E-state index contributed by atoms with van der Waals surface area (Å²) in [5.74, 6) is 0. The largest absolute Gasteiger partial charge is 0.280 e. The number of aryl methyl sites for hydroxylation is 1. The van der Waals surface area contributed by atoms with Gasteiger partial charge in [0, 0.05) is 5.69 Å². The lowest BCUT2D eigenvalue weighted by Crippen LogP contribution is -1.87. The first kappa shape index (κ1) is 6.48. The van der Waals surface area contributed by atoms with Crippen molar-refractivity contribution in [3.05, 3.63) is 10.8 Å². The zero-order valence-corrected chi connectivity index (χ0v) is 6.42. The minimum Gasteiger partial charge on any atom is -0.280 e. The Morgan fingerprint density at radius 2 is 2.18 bits per heavy atom. The Labute approximate surface area is 66.8 Å². The van der Waals surface area contributed by atoms with E-state index in [1.807, 2.05) is 6.92 Å². The monoisotopic (exact) mass is 169 g/mol.